The fourth-order valence-corrected chi connectivity index (χ4v) is 1.67. The second kappa shape index (κ2) is 4.86. The minimum Gasteiger partial charge on any atom is -0.377 e. The van der Waals surface area contributed by atoms with Crippen LogP contribution in [0.1, 0.15) is 20.3 Å². The molecule has 0 aromatic heterocycles. The predicted molar refractivity (Wildman–Crippen MR) is 55.1 cm³/mol. The highest BCUT2D eigenvalue weighted by Gasteiger charge is 2.27. The van der Waals surface area contributed by atoms with Gasteiger partial charge in [0.05, 0.1) is 24.5 Å². The largest absolute Gasteiger partial charge is 0.377 e. The van der Waals surface area contributed by atoms with Crippen molar-refractivity contribution < 1.29 is 9.53 Å². The quantitative estimate of drug-likeness (QED) is 0.677. The van der Waals surface area contributed by atoms with Crippen molar-refractivity contribution in [1.29, 1.82) is 0 Å². The van der Waals surface area contributed by atoms with Gasteiger partial charge in [0, 0.05) is 6.54 Å². The second-order valence-electron chi connectivity index (χ2n) is 3.34. The molecule has 0 aromatic rings. The molecule has 1 aliphatic rings. The van der Waals surface area contributed by atoms with Crippen LogP contribution < -0.4 is 0 Å². The van der Waals surface area contributed by atoms with E-state index in [1.165, 1.54) is 0 Å². The van der Waals surface area contributed by atoms with Crippen LogP contribution >= 0.6 is 12.6 Å². The fourth-order valence-electron chi connectivity index (χ4n) is 1.52. The van der Waals surface area contributed by atoms with E-state index in [4.69, 9.17) is 4.74 Å². The molecule has 1 saturated heterocycles. The summed E-state index contributed by atoms with van der Waals surface area (Å²) in [5.74, 6) is 0.124. The fraction of sp³-hybridized carbons (Fsp3) is 0.889. The summed E-state index contributed by atoms with van der Waals surface area (Å²) in [5.41, 5.74) is 0. The van der Waals surface area contributed by atoms with E-state index in [1.54, 1.807) is 0 Å². The zero-order chi connectivity index (χ0) is 9.84. The molecule has 1 heterocycles. The van der Waals surface area contributed by atoms with E-state index in [0.29, 0.717) is 19.8 Å². The lowest BCUT2D eigenvalue weighted by molar-refractivity contribution is -0.139. The van der Waals surface area contributed by atoms with E-state index in [2.05, 4.69) is 19.6 Å². The molecule has 1 aliphatic heterocycles. The maximum Gasteiger partial charge on any atom is 0.235 e. The van der Waals surface area contributed by atoms with Crippen LogP contribution in [-0.2, 0) is 9.53 Å². The van der Waals surface area contributed by atoms with Crippen molar-refractivity contribution in [2.24, 2.45) is 0 Å². The molecule has 2 atom stereocenters. The number of amides is 1. The summed E-state index contributed by atoms with van der Waals surface area (Å²) in [4.78, 5) is 13.6. The molecule has 0 saturated carbocycles. The molecule has 0 bridgehead atoms. The number of hydrogen-bond donors (Lipinski definition) is 1. The minimum absolute atomic E-state index is 0.124. The van der Waals surface area contributed by atoms with Gasteiger partial charge in [-0.3, -0.25) is 4.79 Å². The first kappa shape index (κ1) is 10.9. The van der Waals surface area contributed by atoms with Crippen LogP contribution in [0.3, 0.4) is 0 Å². The number of carbonyl (C=O) groups excluding carboxylic acids is 1. The topological polar surface area (TPSA) is 29.5 Å². The van der Waals surface area contributed by atoms with Crippen molar-refractivity contribution in [2.45, 2.75) is 31.6 Å². The Morgan fingerprint density at radius 1 is 1.77 bits per heavy atom. The molecule has 1 amide bonds. The van der Waals surface area contributed by atoms with Gasteiger partial charge in [-0.2, -0.15) is 12.6 Å². The highest BCUT2D eigenvalue weighted by Crippen LogP contribution is 2.13. The van der Waals surface area contributed by atoms with Crippen LogP contribution in [0, 0.1) is 0 Å². The van der Waals surface area contributed by atoms with Crippen molar-refractivity contribution in [3.05, 3.63) is 0 Å². The van der Waals surface area contributed by atoms with Gasteiger partial charge in [0.15, 0.2) is 0 Å². The normalized spacial score (nSPS) is 25.8. The molecule has 2 unspecified atom stereocenters. The van der Waals surface area contributed by atoms with Gasteiger partial charge in [0.1, 0.15) is 0 Å². The number of morpholine rings is 1. The standard InChI is InChI=1S/C9H17NO2S/c1-3-8-6-12-5-4-10(8)9(11)7(2)13/h7-8,13H,3-6H2,1-2H3. The van der Waals surface area contributed by atoms with Gasteiger partial charge in [-0.25, -0.2) is 0 Å². The highest BCUT2D eigenvalue weighted by atomic mass is 32.1. The van der Waals surface area contributed by atoms with Crippen LogP contribution in [0.4, 0.5) is 0 Å². The smallest absolute Gasteiger partial charge is 0.235 e. The third-order valence-corrected chi connectivity index (χ3v) is 2.56. The van der Waals surface area contributed by atoms with Gasteiger partial charge in [-0.1, -0.05) is 6.92 Å². The van der Waals surface area contributed by atoms with Gasteiger partial charge in [-0.15, -0.1) is 0 Å². The number of thiol groups is 1. The Morgan fingerprint density at radius 2 is 2.46 bits per heavy atom. The summed E-state index contributed by atoms with van der Waals surface area (Å²) >= 11 is 4.15. The van der Waals surface area contributed by atoms with E-state index < -0.39 is 0 Å². The predicted octanol–water partition coefficient (Wildman–Crippen LogP) is 0.942. The Labute approximate surface area is 84.8 Å². The lowest BCUT2D eigenvalue weighted by Gasteiger charge is -2.35. The SMILES string of the molecule is CCC1COCCN1C(=O)C(C)S. The molecule has 0 aliphatic carbocycles. The molecular weight excluding hydrogens is 186 g/mol. The zero-order valence-corrected chi connectivity index (χ0v) is 9.09. The van der Waals surface area contributed by atoms with Gasteiger partial charge in [0.25, 0.3) is 0 Å². The zero-order valence-electron chi connectivity index (χ0n) is 8.19. The van der Waals surface area contributed by atoms with Crippen LogP contribution in [0.25, 0.3) is 0 Å². The monoisotopic (exact) mass is 203 g/mol. The van der Waals surface area contributed by atoms with Crippen LogP contribution in [0.15, 0.2) is 0 Å². The molecule has 13 heavy (non-hydrogen) atoms. The summed E-state index contributed by atoms with van der Waals surface area (Å²) in [5, 5.41) is -0.202. The molecule has 1 rings (SSSR count). The van der Waals surface area contributed by atoms with Crippen molar-refractivity contribution in [3.63, 3.8) is 0 Å². The number of ether oxygens (including phenoxy) is 1. The maximum absolute atomic E-state index is 11.7. The number of carbonyl (C=O) groups is 1. The van der Waals surface area contributed by atoms with Crippen molar-refractivity contribution >= 4 is 18.5 Å². The minimum atomic E-state index is -0.202. The van der Waals surface area contributed by atoms with Crippen molar-refractivity contribution in [1.82, 2.24) is 4.90 Å². The van der Waals surface area contributed by atoms with Crippen LogP contribution in [-0.4, -0.2) is 41.9 Å². The van der Waals surface area contributed by atoms with Crippen molar-refractivity contribution in [3.8, 4) is 0 Å². The van der Waals surface area contributed by atoms with E-state index in [0.717, 1.165) is 6.42 Å². The van der Waals surface area contributed by atoms with E-state index in [1.807, 2.05) is 11.8 Å². The van der Waals surface area contributed by atoms with E-state index in [-0.39, 0.29) is 17.2 Å². The Hall–Kier alpha value is -0.220. The molecule has 76 valence electrons. The lowest BCUT2D eigenvalue weighted by Crippen LogP contribution is -2.50. The third kappa shape index (κ3) is 2.61. The first-order valence-corrected chi connectivity index (χ1v) is 5.24. The average Bonchev–Trinajstić information content (AvgIpc) is 2.16. The number of nitrogens with zero attached hydrogens (tertiary/aromatic N) is 1. The van der Waals surface area contributed by atoms with Gasteiger partial charge >= 0.3 is 0 Å². The summed E-state index contributed by atoms with van der Waals surface area (Å²) in [6.45, 7) is 5.92. The number of rotatable bonds is 2. The average molecular weight is 203 g/mol. The third-order valence-electron chi connectivity index (χ3n) is 2.34. The second-order valence-corrected chi connectivity index (χ2v) is 4.12. The Bertz CT molecular complexity index is 184. The molecule has 0 N–H and O–H groups in total. The molecule has 0 aromatic carbocycles. The Morgan fingerprint density at radius 3 is 3.00 bits per heavy atom. The first-order chi connectivity index (χ1) is 6.16. The molecule has 3 nitrogen and oxygen atoms in total. The lowest BCUT2D eigenvalue weighted by atomic mass is 10.1. The van der Waals surface area contributed by atoms with Gasteiger partial charge in [-0.05, 0) is 13.3 Å². The maximum atomic E-state index is 11.7. The molecular formula is C9H17NO2S. The molecule has 0 radical (unpaired) electrons. The van der Waals surface area contributed by atoms with Gasteiger partial charge < -0.3 is 9.64 Å². The summed E-state index contributed by atoms with van der Waals surface area (Å²) in [6.07, 6.45) is 0.951. The molecule has 1 fully saturated rings. The summed E-state index contributed by atoms with van der Waals surface area (Å²) in [6, 6.07) is 0.246. The van der Waals surface area contributed by atoms with Crippen molar-refractivity contribution in [2.75, 3.05) is 19.8 Å². The molecule has 0 spiro atoms. The van der Waals surface area contributed by atoms with Gasteiger partial charge in [0.2, 0.25) is 5.91 Å². The van der Waals surface area contributed by atoms with Crippen LogP contribution in [0.5, 0.6) is 0 Å². The van der Waals surface area contributed by atoms with E-state index >= 15 is 0 Å². The Balaban J connectivity index is 2.58. The summed E-state index contributed by atoms with van der Waals surface area (Å²) < 4.78 is 5.31. The van der Waals surface area contributed by atoms with Crippen LogP contribution in [0.2, 0.25) is 0 Å². The highest BCUT2D eigenvalue weighted by molar-refractivity contribution is 7.81. The first-order valence-electron chi connectivity index (χ1n) is 4.73. The Kier molecular flexibility index (Phi) is 4.06. The molecule has 4 heteroatoms. The number of hydrogen-bond acceptors (Lipinski definition) is 3. The summed E-state index contributed by atoms with van der Waals surface area (Å²) in [7, 11) is 0. The van der Waals surface area contributed by atoms with E-state index in [9.17, 15) is 4.79 Å².